The van der Waals surface area contributed by atoms with Gasteiger partial charge in [0.15, 0.2) is 5.82 Å². The molecule has 0 fully saturated rings. The molecule has 0 saturated carbocycles. The molecule has 0 bridgehead atoms. The number of rotatable bonds is 2. The van der Waals surface area contributed by atoms with Gasteiger partial charge in [-0.1, -0.05) is 32.4 Å². The van der Waals surface area contributed by atoms with Crippen molar-refractivity contribution in [2.75, 3.05) is 0 Å². The van der Waals surface area contributed by atoms with Crippen molar-refractivity contribution in [2.24, 2.45) is 0 Å². The minimum absolute atomic E-state index is 0.124. The molecule has 0 amide bonds. The zero-order valence-corrected chi connectivity index (χ0v) is 12.0. The summed E-state index contributed by atoms with van der Waals surface area (Å²) < 4.78 is 1.58. The summed E-state index contributed by atoms with van der Waals surface area (Å²) in [7, 11) is 0. The van der Waals surface area contributed by atoms with Crippen LogP contribution in [0.2, 0.25) is 5.15 Å². The maximum absolute atomic E-state index is 6.32. The molecule has 0 N–H and O–H groups in total. The number of nitrogens with zero attached hydrogens (tertiary/aromatic N) is 4. The van der Waals surface area contributed by atoms with Crippen molar-refractivity contribution < 1.29 is 0 Å². The average Bonchev–Trinajstić information content (AvgIpc) is 2.67. The smallest absolute Gasteiger partial charge is 0.173 e. The largest absolute Gasteiger partial charge is 0.259 e. The van der Waals surface area contributed by atoms with E-state index in [4.69, 9.17) is 23.2 Å². The molecular formula is C12H14Cl2N4. The van der Waals surface area contributed by atoms with Crippen LogP contribution in [-0.2, 0) is 11.3 Å². The monoisotopic (exact) mass is 284 g/mol. The normalized spacial score (nSPS) is 11.8. The Balaban J connectivity index is 2.61. The highest BCUT2D eigenvalue weighted by molar-refractivity contribution is 6.31. The lowest BCUT2D eigenvalue weighted by molar-refractivity contribution is 0.555. The van der Waals surface area contributed by atoms with Crippen LogP contribution < -0.4 is 0 Å². The third kappa shape index (κ3) is 2.35. The fourth-order valence-corrected chi connectivity index (χ4v) is 2.31. The maximum atomic E-state index is 6.32. The van der Waals surface area contributed by atoms with E-state index in [2.05, 4.69) is 35.8 Å². The van der Waals surface area contributed by atoms with Gasteiger partial charge in [-0.05, 0) is 0 Å². The van der Waals surface area contributed by atoms with Crippen LogP contribution in [0.4, 0.5) is 0 Å². The van der Waals surface area contributed by atoms with Crippen molar-refractivity contribution in [3.63, 3.8) is 0 Å². The number of aromatic nitrogens is 4. The van der Waals surface area contributed by atoms with Crippen molar-refractivity contribution >= 4 is 23.2 Å². The fraction of sp³-hybridized carbons (Fsp3) is 0.417. The summed E-state index contributed by atoms with van der Waals surface area (Å²) in [6, 6.07) is 0. The van der Waals surface area contributed by atoms with Crippen LogP contribution in [0.3, 0.4) is 0 Å². The number of halogens is 2. The Bertz CT molecular complexity index is 543. The highest BCUT2D eigenvalue weighted by atomic mass is 35.5. The van der Waals surface area contributed by atoms with Gasteiger partial charge in [0.1, 0.15) is 5.15 Å². The summed E-state index contributed by atoms with van der Waals surface area (Å²) in [5.74, 6) is 0.912. The first kappa shape index (κ1) is 13.3. The molecule has 2 aromatic rings. The molecular weight excluding hydrogens is 271 g/mol. The van der Waals surface area contributed by atoms with Gasteiger partial charge in [-0.3, -0.25) is 4.98 Å². The van der Waals surface area contributed by atoms with E-state index in [0.717, 1.165) is 11.3 Å². The maximum Gasteiger partial charge on any atom is 0.173 e. The predicted molar refractivity (Wildman–Crippen MR) is 72.4 cm³/mol. The molecule has 6 heteroatoms. The second kappa shape index (κ2) is 4.86. The van der Waals surface area contributed by atoms with Gasteiger partial charge in [-0.15, -0.1) is 11.6 Å². The zero-order chi connectivity index (χ0) is 13.3. The Morgan fingerprint density at radius 3 is 2.44 bits per heavy atom. The van der Waals surface area contributed by atoms with Crippen molar-refractivity contribution in [3.8, 4) is 5.82 Å². The number of alkyl halides is 1. The lowest BCUT2D eigenvalue weighted by atomic mass is 9.90. The Morgan fingerprint density at radius 2 is 2.00 bits per heavy atom. The second-order valence-electron chi connectivity index (χ2n) is 4.98. The summed E-state index contributed by atoms with van der Waals surface area (Å²) in [6.45, 7) is 6.22. The van der Waals surface area contributed by atoms with E-state index in [0.29, 0.717) is 16.9 Å². The molecule has 0 aromatic carbocycles. The summed E-state index contributed by atoms with van der Waals surface area (Å²) in [4.78, 5) is 8.21. The summed E-state index contributed by atoms with van der Waals surface area (Å²) in [5, 5.41) is 5.02. The van der Waals surface area contributed by atoms with Gasteiger partial charge in [0.05, 0.1) is 17.8 Å². The van der Waals surface area contributed by atoms with Crippen LogP contribution in [0, 0.1) is 0 Å². The van der Waals surface area contributed by atoms with Gasteiger partial charge in [-0.2, -0.15) is 5.10 Å². The molecule has 0 atom stereocenters. The van der Waals surface area contributed by atoms with Crippen LogP contribution in [0.15, 0.2) is 18.6 Å². The summed E-state index contributed by atoms with van der Waals surface area (Å²) in [5.41, 5.74) is 1.60. The highest BCUT2D eigenvalue weighted by Gasteiger charge is 2.26. The highest BCUT2D eigenvalue weighted by Crippen LogP contribution is 2.32. The minimum Gasteiger partial charge on any atom is -0.259 e. The Kier molecular flexibility index (Phi) is 3.59. The van der Waals surface area contributed by atoms with Crippen molar-refractivity contribution in [3.05, 3.63) is 35.0 Å². The Labute approximate surface area is 116 Å². The van der Waals surface area contributed by atoms with Gasteiger partial charge in [0.25, 0.3) is 0 Å². The van der Waals surface area contributed by atoms with E-state index in [1.165, 1.54) is 0 Å². The van der Waals surface area contributed by atoms with Crippen molar-refractivity contribution in [1.82, 2.24) is 19.7 Å². The van der Waals surface area contributed by atoms with Gasteiger partial charge in [0.2, 0.25) is 0 Å². The Morgan fingerprint density at radius 1 is 1.28 bits per heavy atom. The van der Waals surface area contributed by atoms with Gasteiger partial charge in [0, 0.05) is 23.4 Å². The van der Waals surface area contributed by atoms with Crippen LogP contribution >= 0.6 is 23.2 Å². The molecule has 0 spiro atoms. The molecule has 96 valence electrons. The van der Waals surface area contributed by atoms with Gasteiger partial charge in [-0.25, -0.2) is 9.67 Å². The molecule has 18 heavy (non-hydrogen) atoms. The van der Waals surface area contributed by atoms with Crippen LogP contribution in [-0.4, -0.2) is 19.7 Å². The third-order valence-corrected chi connectivity index (χ3v) is 3.19. The number of hydrogen-bond donors (Lipinski definition) is 0. The molecule has 0 aliphatic carbocycles. The van der Waals surface area contributed by atoms with Crippen molar-refractivity contribution in [1.29, 1.82) is 0 Å². The molecule has 0 aliphatic heterocycles. The predicted octanol–water partition coefficient (Wildman–Crippen LogP) is 3.35. The molecule has 2 heterocycles. The topological polar surface area (TPSA) is 43.6 Å². The van der Waals surface area contributed by atoms with E-state index in [1.54, 1.807) is 23.3 Å². The fourth-order valence-electron chi connectivity index (χ4n) is 1.70. The van der Waals surface area contributed by atoms with E-state index < -0.39 is 0 Å². The first-order chi connectivity index (χ1) is 8.45. The molecule has 2 rings (SSSR count). The summed E-state index contributed by atoms with van der Waals surface area (Å²) >= 11 is 12.3. The van der Waals surface area contributed by atoms with E-state index in [1.807, 2.05) is 0 Å². The van der Waals surface area contributed by atoms with Gasteiger partial charge < -0.3 is 0 Å². The lowest BCUT2D eigenvalue weighted by Crippen LogP contribution is -2.14. The quantitative estimate of drug-likeness (QED) is 0.795. The molecule has 0 radical (unpaired) electrons. The van der Waals surface area contributed by atoms with Crippen LogP contribution in [0.5, 0.6) is 0 Å². The SMILES string of the molecule is CC(C)(C)c1nn(-c2cnccn2)c(Cl)c1CCl. The molecule has 0 saturated heterocycles. The minimum atomic E-state index is -0.124. The first-order valence-electron chi connectivity index (χ1n) is 5.55. The Hall–Kier alpha value is -1.13. The summed E-state index contributed by atoms with van der Waals surface area (Å²) in [6.07, 6.45) is 4.82. The van der Waals surface area contributed by atoms with E-state index in [-0.39, 0.29) is 5.41 Å². The number of hydrogen-bond acceptors (Lipinski definition) is 3. The van der Waals surface area contributed by atoms with Crippen LogP contribution in [0.1, 0.15) is 32.0 Å². The van der Waals surface area contributed by atoms with Gasteiger partial charge >= 0.3 is 0 Å². The molecule has 4 nitrogen and oxygen atoms in total. The molecule has 0 aliphatic rings. The van der Waals surface area contributed by atoms with Crippen molar-refractivity contribution in [2.45, 2.75) is 32.1 Å². The zero-order valence-electron chi connectivity index (χ0n) is 10.5. The standard InChI is InChI=1S/C12H14Cl2N4/c1-12(2,3)10-8(6-13)11(14)18(17-10)9-7-15-4-5-16-9/h4-5,7H,6H2,1-3H3. The lowest BCUT2D eigenvalue weighted by Gasteiger charge is -2.16. The molecule has 2 aromatic heterocycles. The average molecular weight is 285 g/mol. The van der Waals surface area contributed by atoms with Crippen LogP contribution in [0.25, 0.3) is 5.82 Å². The van der Waals surface area contributed by atoms with E-state index in [9.17, 15) is 0 Å². The second-order valence-corrected chi connectivity index (χ2v) is 5.60. The molecule has 0 unspecified atom stereocenters. The third-order valence-electron chi connectivity index (χ3n) is 2.53. The van der Waals surface area contributed by atoms with E-state index >= 15 is 0 Å². The first-order valence-corrected chi connectivity index (χ1v) is 6.46.